The Balaban J connectivity index is 3.20. The Labute approximate surface area is 98.2 Å². The Bertz CT molecular complexity index is 337. The van der Waals surface area contributed by atoms with E-state index in [0.717, 1.165) is 17.9 Å². The van der Waals surface area contributed by atoms with Gasteiger partial charge >= 0.3 is 0 Å². The van der Waals surface area contributed by atoms with Crippen molar-refractivity contribution in [2.24, 2.45) is 5.73 Å². The van der Waals surface area contributed by atoms with Crippen LogP contribution in [0.1, 0.15) is 26.3 Å². The normalized spacial score (nSPS) is 10.6. The third-order valence-corrected chi connectivity index (χ3v) is 2.81. The summed E-state index contributed by atoms with van der Waals surface area (Å²) in [7, 11) is 1.68. The number of anilines is 1. The van der Waals surface area contributed by atoms with Crippen molar-refractivity contribution in [2.75, 3.05) is 18.6 Å². The second kappa shape index (κ2) is 5.75. The van der Waals surface area contributed by atoms with Gasteiger partial charge in [0.1, 0.15) is 5.75 Å². The number of rotatable bonds is 5. The fourth-order valence-corrected chi connectivity index (χ4v) is 2.03. The molecule has 0 aliphatic carbocycles. The number of nitrogens with two attached hydrogens (primary N) is 1. The molecule has 1 rings (SSSR count). The van der Waals surface area contributed by atoms with Gasteiger partial charge in [0.05, 0.1) is 7.11 Å². The Kier molecular flexibility index (Phi) is 4.62. The number of hydrogen-bond acceptors (Lipinski definition) is 3. The lowest BCUT2D eigenvalue weighted by Gasteiger charge is -2.30. The average molecular weight is 222 g/mol. The number of methoxy groups -OCH3 is 1. The number of ether oxygens (including phenoxy) is 1. The van der Waals surface area contributed by atoms with Crippen molar-refractivity contribution < 1.29 is 4.74 Å². The molecule has 0 aliphatic heterocycles. The molecule has 0 saturated heterocycles. The number of hydrogen-bond donors (Lipinski definition) is 1. The summed E-state index contributed by atoms with van der Waals surface area (Å²) in [4.78, 5) is 2.32. The first kappa shape index (κ1) is 12.8. The van der Waals surface area contributed by atoms with Gasteiger partial charge in [0.15, 0.2) is 0 Å². The van der Waals surface area contributed by atoms with E-state index in [2.05, 4.69) is 31.7 Å². The molecule has 0 aromatic heterocycles. The van der Waals surface area contributed by atoms with Crippen molar-refractivity contribution in [3.63, 3.8) is 0 Å². The smallest absolute Gasteiger partial charge is 0.125 e. The van der Waals surface area contributed by atoms with Crippen LogP contribution in [0.25, 0.3) is 0 Å². The van der Waals surface area contributed by atoms with Crippen molar-refractivity contribution in [1.82, 2.24) is 0 Å². The SMILES string of the molecule is CCN(c1cccc(OC)c1CN)C(C)C. The van der Waals surface area contributed by atoms with Crippen LogP contribution in [0, 0.1) is 0 Å². The van der Waals surface area contributed by atoms with Crippen LogP contribution in [0.15, 0.2) is 18.2 Å². The van der Waals surface area contributed by atoms with Gasteiger partial charge in [-0.1, -0.05) is 6.07 Å². The molecule has 0 radical (unpaired) electrons. The minimum atomic E-state index is 0.461. The lowest BCUT2D eigenvalue weighted by Crippen LogP contribution is -2.31. The zero-order valence-corrected chi connectivity index (χ0v) is 10.7. The van der Waals surface area contributed by atoms with Gasteiger partial charge in [-0.05, 0) is 32.9 Å². The van der Waals surface area contributed by atoms with E-state index in [4.69, 9.17) is 10.5 Å². The molecule has 0 unspecified atom stereocenters. The van der Waals surface area contributed by atoms with E-state index in [0.29, 0.717) is 12.6 Å². The molecule has 0 fully saturated rings. The van der Waals surface area contributed by atoms with E-state index >= 15 is 0 Å². The lowest BCUT2D eigenvalue weighted by molar-refractivity contribution is 0.409. The molecular formula is C13H22N2O. The van der Waals surface area contributed by atoms with Crippen molar-refractivity contribution in [2.45, 2.75) is 33.4 Å². The molecule has 16 heavy (non-hydrogen) atoms. The summed E-state index contributed by atoms with van der Waals surface area (Å²) in [5.74, 6) is 0.874. The molecule has 3 heteroatoms. The van der Waals surface area contributed by atoms with E-state index in [1.807, 2.05) is 12.1 Å². The minimum Gasteiger partial charge on any atom is -0.496 e. The second-order valence-corrected chi connectivity index (χ2v) is 4.04. The molecule has 1 aromatic carbocycles. The zero-order chi connectivity index (χ0) is 12.1. The highest BCUT2D eigenvalue weighted by Gasteiger charge is 2.14. The van der Waals surface area contributed by atoms with Gasteiger partial charge in [0.25, 0.3) is 0 Å². The van der Waals surface area contributed by atoms with Gasteiger partial charge in [-0.25, -0.2) is 0 Å². The van der Waals surface area contributed by atoms with Crippen LogP contribution in [0.4, 0.5) is 5.69 Å². The lowest BCUT2D eigenvalue weighted by atomic mass is 10.1. The van der Waals surface area contributed by atoms with Crippen LogP contribution in [-0.4, -0.2) is 19.7 Å². The van der Waals surface area contributed by atoms with Crippen LogP contribution >= 0.6 is 0 Å². The van der Waals surface area contributed by atoms with E-state index < -0.39 is 0 Å². The maximum atomic E-state index is 5.81. The summed E-state index contributed by atoms with van der Waals surface area (Å²) in [6, 6.07) is 6.54. The third kappa shape index (κ3) is 2.47. The molecule has 1 aromatic rings. The molecular weight excluding hydrogens is 200 g/mol. The van der Waals surface area contributed by atoms with Crippen LogP contribution in [0.3, 0.4) is 0 Å². The summed E-state index contributed by atoms with van der Waals surface area (Å²) in [5, 5.41) is 0. The van der Waals surface area contributed by atoms with Gasteiger partial charge < -0.3 is 15.4 Å². The zero-order valence-electron chi connectivity index (χ0n) is 10.7. The maximum absolute atomic E-state index is 5.81. The van der Waals surface area contributed by atoms with Crippen LogP contribution in [-0.2, 0) is 6.54 Å². The summed E-state index contributed by atoms with van der Waals surface area (Å²) >= 11 is 0. The van der Waals surface area contributed by atoms with Crippen molar-refractivity contribution in [3.05, 3.63) is 23.8 Å². The van der Waals surface area contributed by atoms with Gasteiger partial charge in [-0.2, -0.15) is 0 Å². The fraction of sp³-hybridized carbons (Fsp3) is 0.538. The summed E-state index contributed by atoms with van der Waals surface area (Å²) in [5.41, 5.74) is 8.08. The van der Waals surface area contributed by atoms with Crippen molar-refractivity contribution in [3.8, 4) is 5.75 Å². The third-order valence-electron chi connectivity index (χ3n) is 2.81. The summed E-state index contributed by atoms with van der Waals surface area (Å²) in [6.45, 7) is 7.99. The topological polar surface area (TPSA) is 38.5 Å². The summed E-state index contributed by atoms with van der Waals surface area (Å²) in [6.07, 6.45) is 0. The highest BCUT2D eigenvalue weighted by atomic mass is 16.5. The largest absolute Gasteiger partial charge is 0.496 e. The monoisotopic (exact) mass is 222 g/mol. The predicted octanol–water partition coefficient (Wildman–Crippen LogP) is 2.39. The molecule has 0 saturated carbocycles. The highest BCUT2D eigenvalue weighted by Crippen LogP contribution is 2.29. The first-order chi connectivity index (χ1) is 7.65. The van der Waals surface area contributed by atoms with Crippen LogP contribution < -0.4 is 15.4 Å². The maximum Gasteiger partial charge on any atom is 0.125 e. The van der Waals surface area contributed by atoms with Crippen molar-refractivity contribution in [1.29, 1.82) is 0 Å². The molecule has 3 nitrogen and oxygen atoms in total. The Morgan fingerprint density at radius 1 is 1.38 bits per heavy atom. The molecule has 0 amide bonds. The van der Waals surface area contributed by atoms with Crippen LogP contribution in [0.2, 0.25) is 0 Å². The number of nitrogens with zero attached hydrogens (tertiary/aromatic N) is 1. The minimum absolute atomic E-state index is 0.461. The molecule has 2 N–H and O–H groups in total. The number of benzene rings is 1. The van der Waals surface area contributed by atoms with Gasteiger partial charge in [-0.3, -0.25) is 0 Å². The highest BCUT2D eigenvalue weighted by molar-refractivity contribution is 5.59. The van der Waals surface area contributed by atoms with Gasteiger partial charge in [-0.15, -0.1) is 0 Å². The van der Waals surface area contributed by atoms with Gasteiger partial charge in [0.2, 0.25) is 0 Å². The van der Waals surface area contributed by atoms with E-state index in [1.54, 1.807) is 7.11 Å². The quantitative estimate of drug-likeness (QED) is 0.831. The first-order valence-electron chi connectivity index (χ1n) is 5.78. The van der Waals surface area contributed by atoms with E-state index in [1.165, 1.54) is 5.69 Å². The molecule has 90 valence electrons. The van der Waals surface area contributed by atoms with Crippen LogP contribution in [0.5, 0.6) is 5.75 Å². The molecule has 0 atom stereocenters. The average Bonchev–Trinajstić information content (AvgIpc) is 2.29. The predicted molar refractivity (Wildman–Crippen MR) is 69.0 cm³/mol. The second-order valence-electron chi connectivity index (χ2n) is 4.04. The van der Waals surface area contributed by atoms with Gasteiger partial charge in [0, 0.05) is 30.4 Å². The first-order valence-corrected chi connectivity index (χ1v) is 5.78. The summed E-state index contributed by atoms with van der Waals surface area (Å²) < 4.78 is 5.34. The fourth-order valence-electron chi connectivity index (χ4n) is 2.03. The van der Waals surface area contributed by atoms with Crippen molar-refractivity contribution >= 4 is 5.69 Å². The molecule has 0 heterocycles. The Morgan fingerprint density at radius 3 is 2.50 bits per heavy atom. The Hall–Kier alpha value is -1.22. The molecule has 0 spiro atoms. The van der Waals surface area contributed by atoms with E-state index in [9.17, 15) is 0 Å². The Morgan fingerprint density at radius 2 is 2.06 bits per heavy atom. The van der Waals surface area contributed by atoms with E-state index in [-0.39, 0.29) is 0 Å². The standard InChI is InChI=1S/C13H22N2O/c1-5-15(10(2)3)12-7-6-8-13(16-4)11(12)9-14/h6-8,10H,5,9,14H2,1-4H3. The molecule has 0 bridgehead atoms. The molecule has 0 aliphatic rings.